The van der Waals surface area contributed by atoms with Crippen LogP contribution < -0.4 is 5.01 Å². The average Bonchev–Trinajstić information content (AvgIpc) is 3.27. The highest BCUT2D eigenvalue weighted by atomic mass is 16.3. The maximum absolute atomic E-state index is 13.2. The molecule has 0 N–H and O–H groups in total. The fraction of sp³-hybridized carbons (Fsp3) is 0.0370. The van der Waals surface area contributed by atoms with E-state index in [-0.39, 0.29) is 5.91 Å². The van der Waals surface area contributed by atoms with E-state index in [0.717, 1.165) is 44.3 Å². The van der Waals surface area contributed by atoms with Gasteiger partial charge in [0.15, 0.2) is 0 Å². The Labute approximate surface area is 179 Å². The predicted molar refractivity (Wildman–Crippen MR) is 125 cm³/mol. The first kappa shape index (κ1) is 17.7. The summed E-state index contributed by atoms with van der Waals surface area (Å²) in [5.41, 5.74) is 4.78. The highest BCUT2D eigenvalue weighted by Crippen LogP contribution is 2.43. The second-order valence-corrected chi connectivity index (χ2v) is 7.68. The van der Waals surface area contributed by atoms with E-state index < -0.39 is 0 Å². The zero-order valence-electron chi connectivity index (χ0n) is 16.9. The Morgan fingerprint density at radius 1 is 0.871 bits per heavy atom. The number of carbonyl (C=O) groups excluding carboxylic acids is 1. The third-order valence-electron chi connectivity index (χ3n) is 5.78. The number of amides is 1. The number of anilines is 1. The third-order valence-corrected chi connectivity index (χ3v) is 5.78. The summed E-state index contributed by atoms with van der Waals surface area (Å²) in [6, 6.07) is 27.8. The normalized spacial score (nSPS) is 15.5. The molecule has 2 heterocycles. The molecule has 0 unspecified atom stereocenters. The minimum absolute atomic E-state index is 0.136. The van der Waals surface area contributed by atoms with Crippen LogP contribution in [0, 0.1) is 0 Å². The quantitative estimate of drug-likeness (QED) is 0.317. The van der Waals surface area contributed by atoms with Gasteiger partial charge >= 0.3 is 0 Å². The lowest BCUT2D eigenvalue weighted by Crippen LogP contribution is -2.21. The van der Waals surface area contributed by atoms with Gasteiger partial charge in [-0.25, -0.2) is 0 Å². The van der Waals surface area contributed by atoms with Crippen LogP contribution in [-0.4, -0.2) is 11.6 Å². The van der Waals surface area contributed by atoms with Crippen LogP contribution in [-0.2, 0) is 4.79 Å². The topological polar surface area (TPSA) is 45.8 Å². The third kappa shape index (κ3) is 2.69. The monoisotopic (exact) mass is 402 g/mol. The molecule has 4 nitrogen and oxygen atoms in total. The molecule has 2 aliphatic heterocycles. The highest BCUT2D eigenvalue weighted by Gasteiger charge is 2.30. The van der Waals surface area contributed by atoms with E-state index >= 15 is 0 Å². The van der Waals surface area contributed by atoms with Crippen LogP contribution in [0.2, 0.25) is 0 Å². The number of nitrogens with zero attached hydrogens (tertiary/aromatic N) is 2. The van der Waals surface area contributed by atoms with Gasteiger partial charge in [-0.1, -0.05) is 60.7 Å². The number of hydrogen-bond donors (Lipinski definition) is 0. The molecule has 0 saturated carbocycles. The van der Waals surface area contributed by atoms with Crippen molar-refractivity contribution in [3.05, 3.63) is 96.1 Å². The lowest BCUT2D eigenvalue weighted by molar-refractivity contribution is -0.114. The Kier molecular flexibility index (Phi) is 3.80. The molecule has 3 aliphatic rings. The number of fused-ring (bicyclic) bond motifs is 4. The largest absolute Gasteiger partial charge is 0.455 e. The minimum Gasteiger partial charge on any atom is -0.455 e. The van der Waals surface area contributed by atoms with Crippen LogP contribution in [0.25, 0.3) is 39.1 Å². The summed E-state index contributed by atoms with van der Waals surface area (Å²) < 4.78 is 6.35. The smallest absolute Gasteiger partial charge is 0.280 e. The molecule has 1 amide bonds. The number of carbonyl (C=O) groups is 1. The van der Waals surface area contributed by atoms with Crippen LogP contribution >= 0.6 is 0 Å². The number of hydrazone groups is 1. The maximum Gasteiger partial charge on any atom is 0.280 e. The van der Waals surface area contributed by atoms with Crippen molar-refractivity contribution in [3.8, 4) is 11.3 Å². The van der Waals surface area contributed by atoms with Gasteiger partial charge in [-0.3, -0.25) is 4.79 Å². The molecular weight excluding hydrogens is 384 g/mol. The van der Waals surface area contributed by atoms with Gasteiger partial charge < -0.3 is 4.42 Å². The zero-order chi connectivity index (χ0) is 20.9. The van der Waals surface area contributed by atoms with Gasteiger partial charge in [-0.05, 0) is 48.0 Å². The van der Waals surface area contributed by atoms with Crippen molar-refractivity contribution in [1.82, 2.24) is 0 Å². The molecule has 0 radical (unpaired) electrons. The maximum atomic E-state index is 13.2. The molecule has 0 saturated heterocycles. The minimum atomic E-state index is -0.136. The fourth-order valence-corrected chi connectivity index (χ4v) is 4.27. The molecule has 148 valence electrons. The lowest BCUT2D eigenvalue weighted by atomic mass is 10.1. The first-order valence-corrected chi connectivity index (χ1v) is 10.2. The van der Waals surface area contributed by atoms with Crippen LogP contribution in [0.1, 0.15) is 12.5 Å². The molecule has 31 heavy (non-hydrogen) atoms. The van der Waals surface area contributed by atoms with E-state index in [1.54, 1.807) is 0 Å². The molecule has 6 rings (SSSR count). The molecule has 0 atom stereocenters. The Morgan fingerprint density at radius 2 is 1.58 bits per heavy atom. The first-order valence-electron chi connectivity index (χ1n) is 10.2. The van der Waals surface area contributed by atoms with E-state index in [4.69, 9.17) is 4.42 Å². The van der Waals surface area contributed by atoms with Crippen molar-refractivity contribution >= 4 is 45.1 Å². The summed E-state index contributed by atoms with van der Waals surface area (Å²) >= 11 is 0. The van der Waals surface area contributed by atoms with Crippen molar-refractivity contribution < 1.29 is 9.21 Å². The average molecular weight is 402 g/mol. The predicted octanol–water partition coefficient (Wildman–Crippen LogP) is 6.50. The van der Waals surface area contributed by atoms with Crippen LogP contribution in [0.3, 0.4) is 0 Å². The molecule has 0 bridgehead atoms. The Bertz CT molecular complexity index is 1510. The van der Waals surface area contributed by atoms with Crippen molar-refractivity contribution in [1.29, 1.82) is 0 Å². The molecule has 0 spiro atoms. The lowest BCUT2D eigenvalue weighted by Gasteiger charge is -2.11. The van der Waals surface area contributed by atoms with E-state index in [2.05, 4.69) is 23.3 Å². The number of para-hydroxylation sites is 2. The van der Waals surface area contributed by atoms with E-state index in [1.807, 2.05) is 79.7 Å². The van der Waals surface area contributed by atoms with Crippen LogP contribution in [0.4, 0.5) is 5.69 Å². The van der Waals surface area contributed by atoms with Crippen molar-refractivity contribution in [3.63, 3.8) is 0 Å². The van der Waals surface area contributed by atoms with E-state index in [0.29, 0.717) is 11.3 Å². The Morgan fingerprint density at radius 3 is 2.42 bits per heavy atom. The van der Waals surface area contributed by atoms with Gasteiger partial charge in [0.05, 0.1) is 17.0 Å². The summed E-state index contributed by atoms with van der Waals surface area (Å²) in [5.74, 6) is 0.647. The number of benzene rings is 3. The molecule has 0 aromatic heterocycles. The van der Waals surface area contributed by atoms with Crippen LogP contribution in [0.15, 0.2) is 100 Å². The Balaban J connectivity index is 1.58. The summed E-state index contributed by atoms with van der Waals surface area (Å²) in [7, 11) is 0. The van der Waals surface area contributed by atoms with Crippen LogP contribution in [0.5, 0.6) is 0 Å². The highest BCUT2D eigenvalue weighted by molar-refractivity contribution is 6.33. The second-order valence-electron chi connectivity index (χ2n) is 7.68. The van der Waals surface area contributed by atoms with Crippen molar-refractivity contribution in [2.75, 3.05) is 5.01 Å². The summed E-state index contributed by atoms with van der Waals surface area (Å²) in [6.07, 6.45) is 1.92. The Hall–Kier alpha value is -4.18. The molecular formula is C27H18N2O2. The van der Waals surface area contributed by atoms with Crippen molar-refractivity contribution in [2.45, 2.75) is 6.92 Å². The summed E-state index contributed by atoms with van der Waals surface area (Å²) in [5, 5.41) is 9.19. The van der Waals surface area contributed by atoms with Gasteiger partial charge in [-0.15, -0.1) is 0 Å². The van der Waals surface area contributed by atoms with Crippen molar-refractivity contribution in [2.24, 2.45) is 5.10 Å². The SMILES string of the molecule is CC1=NN(c2ccccc2)C(=O)/C1=C\c1c2oc3ccccc3cc-2c2ccccc12. The molecule has 1 aliphatic carbocycles. The second kappa shape index (κ2) is 6.67. The zero-order valence-corrected chi connectivity index (χ0v) is 16.9. The summed E-state index contributed by atoms with van der Waals surface area (Å²) in [6.45, 7) is 1.87. The van der Waals surface area contributed by atoms with E-state index in [1.165, 1.54) is 5.01 Å². The van der Waals surface area contributed by atoms with Gasteiger partial charge in [0.25, 0.3) is 5.91 Å². The standard InChI is InChI=1S/C27H18N2O2/c1-17-22(27(30)29(28-17)19-10-3-2-4-11-19)16-24-21-13-7-6-12-20(21)23-15-18-9-5-8-14-25(18)31-26(23)24/h2-16H,1H3/b22-16-. The van der Waals surface area contributed by atoms with Gasteiger partial charge in [-0.2, -0.15) is 10.1 Å². The number of hydrogen-bond acceptors (Lipinski definition) is 3. The van der Waals surface area contributed by atoms with Gasteiger partial charge in [0.1, 0.15) is 11.3 Å². The van der Waals surface area contributed by atoms with Gasteiger partial charge in [0.2, 0.25) is 0 Å². The first-order chi connectivity index (χ1) is 15.2. The number of rotatable bonds is 2. The molecule has 3 aromatic carbocycles. The molecule has 3 aromatic rings. The summed E-state index contributed by atoms with van der Waals surface area (Å²) in [4.78, 5) is 13.2. The molecule has 4 heteroatoms. The van der Waals surface area contributed by atoms with E-state index in [9.17, 15) is 4.79 Å². The molecule has 0 fully saturated rings. The van der Waals surface area contributed by atoms with Gasteiger partial charge in [0, 0.05) is 16.5 Å². The fourth-order valence-electron chi connectivity index (χ4n) is 4.27.